The summed E-state index contributed by atoms with van der Waals surface area (Å²) >= 11 is 0. The molecule has 1 atom stereocenters. The van der Waals surface area contributed by atoms with Crippen LogP contribution in [0.1, 0.15) is 22.3 Å². The number of ketones is 1. The van der Waals surface area contributed by atoms with Crippen LogP contribution in [0.3, 0.4) is 0 Å². The minimum atomic E-state index is -1.96. The van der Waals surface area contributed by atoms with Crippen LogP contribution in [0, 0.1) is 0 Å². The lowest BCUT2D eigenvalue weighted by Gasteiger charge is -2.31. The molecule has 2 aliphatic heterocycles. The summed E-state index contributed by atoms with van der Waals surface area (Å²) in [5.41, 5.74) is -0.848. The number of aliphatic hydroxyl groups is 1. The summed E-state index contributed by atoms with van der Waals surface area (Å²) in [7, 11) is 0. The molecule has 28 heavy (non-hydrogen) atoms. The first-order valence-corrected chi connectivity index (χ1v) is 9.26. The van der Waals surface area contributed by atoms with Gasteiger partial charge in [0.1, 0.15) is 5.75 Å². The van der Waals surface area contributed by atoms with Crippen LogP contribution in [0.25, 0.3) is 0 Å². The summed E-state index contributed by atoms with van der Waals surface area (Å²) in [4.78, 5) is 29.6. The first-order valence-electron chi connectivity index (χ1n) is 9.26. The van der Waals surface area contributed by atoms with E-state index in [0.29, 0.717) is 44.2 Å². The number of carbonyl (C=O) groups is 2. The van der Waals surface area contributed by atoms with Crippen LogP contribution >= 0.6 is 0 Å². The second-order valence-electron chi connectivity index (χ2n) is 7.10. The number of hydrogen-bond donors (Lipinski definition) is 2. The summed E-state index contributed by atoms with van der Waals surface area (Å²) in [6, 6.07) is 13.1. The van der Waals surface area contributed by atoms with Crippen molar-refractivity contribution in [1.82, 2.24) is 4.90 Å². The highest BCUT2D eigenvalue weighted by molar-refractivity contribution is 6.11. The quantitative estimate of drug-likeness (QED) is 0.762. The van der Waals surface area contributed by atoms with E-state index in [-0.39, 0.29) is 11.3 Å². The zero-order valence-electron chi connectivity index (χ0n) is 15.4. The average molecular weight is 382 g/mol. The number of hydrogen-bond acceptors (Lipinski definition) is 6. The van der Waals surface area contributed by atoms with Gasteiger partial charge >= 0.3 is 0 Å². The van der Waals surface area contributed by atoms with Gasteiger partial charge in [-0.2, -0.15) is 0 Å². The predicted molar refractivity (Wildman–Crippen MR) is 102 cm³/mol. The maximum atomic E-state index is 13.2. The highest BCUT2D eigenvalue weighted by Gasteiger charge is 2.51. The molecule has 0 aliphatic carbocycles. The smallest absolute Gasteiger partial charge is 0.265 e. The third kappa shape index (κ3) is 3.17. The first kappa shape index (κ1) is 18.6. The Bertz CT molecular complexity index is 909. The Balaban J connectivity index is 1.64. The zero-order chi connectivity index (χ0) is 19.7. The second-order valence-corrected chi connectivity index (χ2v) is 7.10. The van der Waals surface area contributed by atoms with E-state index >= 15 is 0 Å². The topological polar surface area (TPSA) is 90.3 Å². The summed E-state index contributed by atoms with van der Waals surface area (Å²) in [6.07, 6.45) is -0.431. The number of anilines is 1. The van der Waals surface area contributed by atoms with E-state index in [2.05, 4.69) is 4.90 Å². The number of amides is 1. The van der Waals surface area contributed by atoms with E-state index in [0.717, 1.165) is 0 Å². The van der Waals surface area contributed by atoms with Crippen molar-refractivity contribution in [2.75, 3.05) is 37.9 Å². The maximum Gasteiger partial charge on any atom is 0.265 e. The number of fused-ring (bicyclic) bond motifs is 1. The lowest BCUT2D eigenvalue weighted by Crippen LogP contribution is -2.49. The molecular formula is C21H22N2O5. The Kier molecular flexibility index (Phi) is 4.89. The van der Waals surface area contributed by atoms with Gasteiger partial charge in [-0.3, -0.25) is 19.4 Å². The van der Waals surface area contributed by atoms with Crippen LogP contribution in [-0.4, -0.2) is 59.8 Å². The molecule has 0 aromatic heterocycles. The van der Waals surface area contributed by atoms with Gasteiger partial charge in [0.05, 0.1) is 37.6 Å². The maximum absolute atomic E-state index is 13.2. The minimum absolute atomic E-state index is 0.0906. The van der Waals surface area contributed by atoms with Crippen molar-refractivity contribution < 1.29 is 24.5 Å². The second kappa shape index (κ2) is 7.35. The van der Waals surface area contributed by atoms with Gasteiger partial charge in [0.15, 0.2) is 11.4 Å². The van der Waals surface area contributed by atoms with Gasteiger partial charge in [-0.25, -0.2) is 0 Å². The van der Waals surface area contributed by atoms with E-state index in [9.17, 15) is 19.8 Å². The van der Waals surface area contributed by atoms with Gasteiger partial charge in [-0.15, -0.1) is 0 Å². The van der Waals surface area contributed by atoms with Crippen molar-refractivity contribution in [3.05, 3.63) is 59.7 Å². The fraction of sp³-hybridized carbons (Fsp3) is 0.333. The van der Waals surface area contributed by atoms with E-state index in [1.807, 2.05) is 0 Å². The molecule has 1 fully saturated rings. The SMILES string of the molecule is O=C(CC1(O)C(=O)N(CN2CCOCC2)c2ccccc21)c1ccccc1O. The van der Waals surface area contributed by atoms with Crippen molar-refractivity contribution in [2.24, 2.45) is 0 Å². The van der Waals surface area contributed by atoms with Crippen molar-refractivity contribution in [3.8, 4) is 5.75 Å². The summed E-state index contributed by atoms with van der Waals surface area (Å²) in [5, 5.41) is 21.2. The molecule has 146 valence electrons. The fourth-order valence-corrected chi connectivity index (χ4v) is 3.80. The Hall–Kier alpha value is -2.74. The molecule has 7 nitrogen and oxygen atoms in total. The lowest BCUT2D eigenvalue weighted by molar-refractivity contribution is -0.136. The Morgan fingerprint density at radius 1 is 1.07 bits per heavy atom. The van der Waals surface area contributed by atoms with Gasteiger partial charge in [-0.05, 0) is 18.2 Å². The summed E-state index contributed by atoms with van der Waals surface area (Å²) < 4.78 is 5.35. The molecule has 0 saturated carbocycles. The molecule has 2 aliphatic rings. The molecule has 1 unspecified atom stereocenters. The number of phenolic OH excluding ortho intramolecular Hbond substituents is 1. The van der Waals surface area contributed by atoms with Crippen LogP contribution in [0.2, 0.25) is 0 Å². The van der Waals surface area contributed by atoms with E-state index in [1.54, 1.807) is 36.4 Å². The summed E-state index contributed by atoms with van der Waals surface area (Å²) in [6.45, 7) is 2.91. The van der Waals surface area contributed by atoms with E-state index < -0.39 is 23.7 Å². The molecule has 4 rings (SSSR count). The number of para-hydroxylation sites is 2. The van der Waals surface area contributed by atoms with Crippen LogP contribution in [0.4, 0.5) is 5.69 Å². The monoisotopic (exact) mass is 382 g/mol. The number of benzene rings is 2. The molecule has 2 aromatic rings. The number of carbonyl (C=O) groups excluding carboxylic acids is 2. The molecule has 2 heterocycles. The molecule has 0 radical (unpaired) electrons. The molecule has 1 saturated heterocycles. The number of rotatable bonds is 5. The standard InChI is InChI=1S/C21H22N2O5/c24-18-8-4-1-5-15(18)19(25)13-21(27)16-6-2-3-7-17(16)23(20(21)26)14-22-9-11-28-12-10-22/h1-8,24,27H,9-14H2. The molecule has 1 amide bonds. The number of nitrogens with zero attached hydrogens (tertiary/aromatic N) is 2. The molecule has 7 heteroatoms. The van der Waals surface area contributed by atoms with Crippen molar-refractivity contribution >= 4 is 17.4 Å². The first-order chi connectivity index (χ1) is 13.5. The van der Waals surface area contributed by atoms with Crippen molar-refractivity contribution in [2.45, 2.75) is 12.0 Å². The normalized spacial score (nSPS) is 22.3. The van der Waals surface area contributed by atoms with Crippen LogP contribution in [0.15, 0.2) is 48.5 Å². The fourth-order valence-electron chi connectivity index (χ4n) is 3.80. The molecule has 0 spiro atoms. The average Bonchev–Trinajstić information content (AvgIpc) is 2.91. The van der Waals surface area contributed by atoms with Gasteiger partial charge in [0, 0.05) is 18.7 Å². The van der Waals surface area contributed by atoms with Crippen LogP contribution in [0.5, 0.6) is 5.75 Å². The molecule has 2 N–H and O–H groups in total. The molecular weight excluding hydrogens is 360 g/mol. The zero-order valence-corrected chi connectivity index (χ0v) is 15.4. The van der Waals surface area contributed by atoms with Gasteiger partial charge in [-0.1, -0.05) is 30.3 Å². The van der Waals surface area contributed by atoms with Gasteiger partial charge in [0.25, 0.3) is 5.91 Å². The number of ether oxygens (including phenoxy) is 1. The Labute approximate surface area is 162 Å². The highest BCUT2D eigenvalue weighted by atomic mass is 16.5. The Morgan fingerprint density at radius 2 is 1.75 bits per heavy atom. The number of Topliss-reactive ketones (excluding diaryl/α,β-unsaturated/α-hetero) is 1. The molecule has 2 aromatic carbocycles. The molecule has 0 bridgehead atoms. The third-order valence-corrected chi connectivity index (χ3v) is 5.31. The third-order valence-electron chi connectivity index (χ3n) is 5.31. The predicted octanol–water partition coefficient (Wildman–Crippen LogP) is 1.49. The highest BCUT2D eigenvalue weighted by Crippen LogP contribution is 2.43. The van der Waals surface area contributed by atoms with E-state index in [1.165, 1.54) is 17.0 Å². The van der Waals surface area contributed by atoms with Crippen LogP contribution < -0.4 is 4.90 Å². The van der Waals surface area contributed by atoms with E-state index in [4.69, 9.17) is 4.74 Å². The Morgan fingerprint density at radius 3 is 2.50 bits per heavy atom. The van der Waals surface area contributed by atoms with Crippen molar-refractivity contribution in [3.63, 3.8) is 0 Å². The largest absolute Gasteiger partial charge is 0.507 e. The van der Waals surface area contributed by atoms with Gasteiger partial charge in [0.2, 0.25) is 0 Å². The van der Waals surface area contributed by atoms with Crippen LogP contribution in [-0.2, 0) is 15.1 Å². The number of aromatic hydroxyl groups is 1. The summed E-state index contributed by atoms with van der Waals surface area (Å²) in [5.74, 6) is -1.18. The van der Waals surface area contributed by atoms with Crippen molar-refractivity contribution in [1.29, 1.82) is 0 Å². The minimum Gasteiger partial charge on any atom is -0.507 e. The lowest BCUT2D eigenvalue weighted by atomic mass is 9.88. The van der Waals surface area contributed by atoms with Gasteiger partial charge < -0.3 is 14.9 Å². The number of morpholine rings is 1. The number of phenols is 1.